The maximum Gasteiger partial charge on any atom is 0.141 e. The molecule has 0 spiro atoms. The smallest absolute Gasteiger partial charge is 0.141 e. The highest BCUT2D eigenvalue weighted by Crippen LogP contribution is 2.23. The highest BCUT2D eigenvalue weighted by Gasteiger charge is 2.10. The Hall–Kier alpha value is -0.560. The maximum absolute atomic E-state index is 12.8. The molecule has 0 aliphatic carbocycles. The van der Waals surface area contributed by atoms with Gasteiger partial charge in [0.2, 0.25) is 0 Å². The molecule has 0 aliphatic heterocycles. The van der Waals surface area contributed by atoms with E-state index in [1.165, 1.54) is 6.07 Å². The second-order valence-corrected chi connectivity index (χ2v) is 5.22. The van der Waals surface area contributed by atoms with E-state index in [1.807, 2.05) is 0 Å². The van der Waals surface area contributed by atoms with Crippen LogP contribution in [0.5, 0.6) is 0 Å². The van der Waals surface area contributed by atoms with Crippen LogP contribution in [0.1, 0.15) is 32.8 Å². The molecule has 0 atom stereocenters. The van der Waals surface area contributed by atoms with E-state index in [0.717, 1.165) is 18.4 Å². The van der Waals surface area contributed by atoms with Crippen molar-refractivity contribution < 1.29 is 4.39 Å². The fraction of sp³-hybridized carbons (Fsp3) is 0.500. The summed E-state index contributed by atoms with van der Waals surface area (Å²) in [6.45, 7) is 6.58. The molecule has 1 aromatic carbocycles. The lowest BCUT2D eigenvalue weighted by Crippen LogP contribution is -2.06. The third-order valence-corrected chi connectivity index (χ3v) is 2.44. The molecule has 0 fully saturated rings. The molecule has 2 heteroatoms. The molecule has 1 aromatic rings. The first kappa shape index (κ1) is 11.5. The van der Waals surface area contributed by atoms with Crippen LogP contribution >= 0.6 is 11.6 Å². The van der Waals surface area contributed by atoms with Crippen molar-refractivity contribution in [3.63, 3.8) is 0 Å². The van der Waals surface area contributed by atoms with Gasteiger partial charge in [-0.05, 0) is 36.0 Å². The van der Waals surface area contributed by atoms with Gasteiger partial charge >= 0.3 is 0 Å². The predicted molar refractivity (Wildman–Crippen MR) is 59.2 cm³/mol. The molecule has 0 saturated carbocycles. The number of hydrogen-bond donors (Lipinski definition) is 0. The van der Waals surface area contributed by atoms with Gasteiger partial charge in [0.25, 0.3) is 0 Å². The monoisotopic (exact) mass is 214 g/mol. The third-order valence-electron chi connectivity index (χ3n) is 2.15. The van der Waals surface area contributed by atoms with E-state index < -0.39 is 0 Å². The van der Waals surface area contributed by atoms with Crippen molar-refractivity contribution in [1.82, 2.24) is 0 Å². The van der Waals surface area contributed by atoms with E-state index in [9.17, 15) is 4.39 Å². The van der Waals surface area contributed by atoms with E-state index in [4.69, 9.17) is 11.6 Å². The largest absolute Gasteiger partial charge is 0.205 e. The first-order valence-corrected chi connectivity index (χ1v) is 5.20. The minimum absolute atomic E-state index is 0.219. The van der Waals surface area contributed by atoms with Crippen molar-refractivity contribution in [3.05, 3.63) is 34.6 Å². The number of rotatable bonds is 2. The summed E-state index contributed by atoms with van der Waals surface area (Å²) in [7, 11) is 0. The summed E-state index contributed by atoms with van der Waals surface area (Å²) < 4.78 is 12.8. The zero-order chi connectivity index (χ0) is 10.8. The quantitative estimate of drug-likeness (QED) is 0.682. The van der Waals surface area contributed by atoms with Gasteiger partial charge in [-0.3, -0.25) is 0 Å². The predicted octanol–water partition coefficient (Wildman–Crippen LogP) is 4.46. The second kappa shape index (κ2) is 4.31. The van der Waals surface area contributed by atoms with Crippen LogP contribution in [0.4, 0.5) is 4.39 Å². The molecule has 14 heavy (non-hydrogen) atoms. The Morgan fingerprint density at radius 1 is 1.29 bits per heavy atom. The van der Waals surface area contributed by atoms with Crippen molar-refractivity contribution in [2.75, 3.05) is 0 Å². The number of aryl methyl sites for hydroxylation is 1. The molecule has 0 N–H and O–H groups in total. The van der Waals surface area contributed by atoms with Gasteiger partial charge in [-0.2, -0.15) is 0 Å². The lowest BCUT2D eigenvalue weighted by Gasteiger charge is -2.17. The molecule has 0 heterocycles. The summed E-state index contributed by atoms with van der Waals surface area (Å²) in [5.74, 6) is -0.342. The number of benzene rings is 1. The standard InChI is InChI=1S/C12H16ClF/c1-12(2,3)7-6-9-4-5-11(14)10(13)8-9/h4-5,8H,6-7H2,1-3H3. The Balaban J connectivity index is 2.65. The zero-order valence-electron chi connectivity index (χ0n) is 8.90. The van der Waals surface area contributed by atoms with Gasteiger partial charge in [0.15, 0.2) is 0 Å². The molecule has 0 amide bonds. The van der Waals surface area contributed by atoms with E-state index >= 15 is 0 Å². The van der Waals surface area contributed by atoms with Crippen molar-refractivity contribution in [3.8, 4) is 0 Å². The van der Waals surface area contributed by atoms with Crippen molar-refractivity contribution in [2.45, 2.75) is 33.6 Å². The van der Waals surface area contributed by atoms with E-state index in [0.29, 0.717) is 5.41 Å². The molecule has 1 rings (SSSR count). The van der Waals surface area contributed by atoms with Crippen LogP contribution < -0.4 is 0 Å². The van der Waals surface area contributed by atoms with Crippen LogP contribution in [-0.2, 0) is 6.42 Å². The fourth-order valence-corrected chi connectivity index (χ4v) is 1.42. The molecule has 0 nitrogen and oxygen atoms in total. The SMILES string of the molecule is CC(C)(C)CCc1ccc(F)c(Cl)c1. The summed E-state index contributed by atoms with van der Waals surface area (Å²) in [5.41, 5.74) is 1.41. The summed E-state index contributed by atoms with van der Waals surface area (Å²) in [6.07, 6.45) is 2.03. The molecule has 0 bridgehead atoms. The van der Waals surface area contributed by atoms with Crippen molar-refractivity contribution >= 4 is 11.6 Å². The highest BCUT2D eigenvalue weighted by molar-refractivity contribution is 6.30. The van der Waals surface area contributed by atoms with Crippen LogP contribution in [0.3, 0.4) is 0 Å². The first-order valence-electron chi connectivity index (χ1n) is 4.82. The molecule has 0 radical (unpaired) electrons. The van der Waals surface area contributed by atoms with Gasteiger partial charge in [0, 0.05) is 0 Å². The molecule has 0 aromatic heterocycles. The lowest BCUT2D eigenvalue weighted by molar-refractivity contribution is 0.378. The molecule has 0 aliphatic rings. The van der Waals surface area contributed by atoms with E-state index in [-0.39, 0.29) is 10.8 Å². The molecule has 0 saturated heterocycles. The van der Waals surface area contributed by atoms with Gasteiger partial charge in [-0.1, -0.05) is 38.4 Å². The Morgan fingerprint density at radius 2 is 1.93 bits per heavy atom. The van der Waals surface area contributed by atoms with Crippen molar-refractivity contribution in [1.29, 1.82) is 0 Å². The maximum atomic E-state index is 12.8. The lowest BCUT2D eigenvalue weighted by atomic mass is 9.89. The van der Waals surface area contributed by atoms with Crippen LogP contribution in [0, 0.1) is 11.2 Å². The Labute approximate surface area is 90.1 Å². The highest BCUT2D eigenvalue weighted by atomic mass is 35.5. The number of halogens is 2. The van der Waals surface area contributed by atoms with Crippen molar-refractivity contribution in [2.24, 2.45) is 5.41 Å². The fourth-order valence-electron chi connectivity index (χ4n) is 1.21. The summed E-state index contributed by atoms with van der Waals surface area (Å²) in [4.78, 5) is 0. The van der Waals surface area contributed by atoms with Crippen LogP contribution in [0.2, 0.25) is 5.02 Å². The number of hydrogen-bond acceptors (Lipinski definition) is 0. The summed E-state index contributed by atoms with van der Waals surface area (Å²) in [5, 5.41) is 0.219. The van der Waals surface area contributed by atoms with Gasteiger partial charge in [-0.15, -0.1) is 0 Å². The van der Waals surface area contributed by atoms with Gasteiger partial charge in [-0.25, -0.2) is 4.39 Å². The normalized spacial score (nSPS) is 11.8. The minimum atomic E-state index is -0.342. The third kappa shape index (κ3) is 3.67. The summed E-state index contributed by atoms with van der Waals surface area (Å²) >= 11 is 5.69. The molecular formula is C12H16ClF. The first-order chi connectivity index (χ1) is 6.38. The van der Waals surface area contributed by atoms with Crippen LogP contribution in [0.25, 0.3) is 0 Å². The van der Waals surface area contributed by atoms with Gasteiger partial charge in [0.1, 0.15) is 5.82 Å². The Bertz CT molecular complexity index is 313. The minimum Gasteiger partial charge on any atom is -0.205 e. The topological polar surface area (TPSA) is 0 Å². The Morgan fingerprint density at radius 3 is 2.43 bits per heavy atom. The van der Waals surface area contributed by atoms with Gasteiger partial charge in [0.05, 0.1) is 5.02 Å². The van der Waals surface area contributed by atoms with Gasteiger partial charge < -0.3 is 0 Å². The van der Waals surface area contributed by atoms with E-state index in [2.05, 4.69) is 20.8 Å². The van der Waals surface area contributed by atoms with Crippen LogP contribution in [-0.4, -0.2) is 0 Å². The van der Waals surface area contributed by atoms with E-state index in [1.54, 1.807) is 12.1 Å². The average Bonchev–Trinajstić information content (AvgIpc) is 2.06. The zero-order valence-corrected chi connectivity index (χ0v) is 9.66. The second-order valence-electron chi connectivity index (χ2n) is 4.81. The molecule has 78 valence electrons. The average molecular weight is 215 g/mol. The molecular weight excluding hydrogens is 199 g/mol. The Kier molecular flexibility index (Phi) is 3.54. The molecule has 0 unspecified atom stereocenters. The summed E-state index contributed by atoms with van der Waals surface area (Å²) in [6, 6.07) is 4.94. The van der Waals surface area contributed by atoms with Crippen LogP contribution in [0.15, 0.2) is 18.2 Å².